The molecule has 0 aromatic carbocycles. The van der Waals surface area contributed by atoms with Crippen LogP contribution >= 0.6 is 11.8 Å². The number of nitrogens with zero attached hydrogens (tertiary/aromatic N) is 1. The number of rotatable bonds is 4. The second-order valence-corrected chi connectivity index (χ2v) is 7.38. The van der Waals surface area contributed by atoms with Crippen molar-refractivity contribution in [1.29, 1.82) is 0 Å². The van der Waals surface area contributed by atoms with Crippen molar-refractivity contribution in [3.8, 4) is 0 Å². The smallest absolute Gasteiger partial charge is 0.327 e. The molecule has 0 aromatic rings. The Morgan fingerprint density at radius 1 is 1.35 bits per heavy atom. The molecule has 1 heterocycles. The lowest BCUT2D eigenvalue weighted by Gasteiger charge is -2.38. The SMILES string of the molecule is CC1SCC(C(=O)O)N1C(=O)CC1(CN)CCCCC1. The molecule has 1 aliphatic carbocycles. The number of aliphatic carboxylic acids is 1. The largest absolute Gasteiger partial charge is 0.480 e. The molecule has 1 saturated carbocycles. The topological polar surface area (TPSA) is 83.6 Å². The maximum absolute atomic E-state index is 12.6. The van der Waals surface area contributed by atoms with Crippen molar-refractivity contribution in [1.82, 2.24) is 4.90 Å². The van der Waals surface area contributed by atoms with Crippen LogP contribution in [0.2, 0.25) is 0 Å². The number of hydrogen-bond donors (Lipinski definition) is 2. The molecule has 0 radical (unpaired) electrons. The van der Waals surface area contributed by atoms with Gasteiger partial charge in [-0.2, -0.15) is 0 Å². The second-order valence-electron chi connectivity index (χ2n) is 6.03. The first-order valence-corrected chi connectivity index (χ1v) is 8.40. The third-order valence-corrected chi connectivity index (χ3v) is 5.89. The zero-order valence-electron chi connectivity index (χ0n) is 12.0. The molecule has 2 unspecified atom stereocenters. The number of hydrogen-bond acceptors (Lipinski definition) is 4. The van der Waals surface area contributed by atoms with Crippen LogP contribution in [0.25, 0.3) is 0 Å². The number of carbonyl (C=O) groups excluding carboxylic acids is 1. The minimum atomic E-state index is -0.902. The predicted molar refractivity (Wildman–Crippen MR) is 79.4 cm³/mol. The summed E-state index contributed by atoms with van der Waals surface area (Å²) < 4.78 is 0. The highest BCUT2D eigenvalue weighted by Crippen LogP contribution is 2.40. The normalized spacial score (nSPS) is 29.4. The van der Waals surface area contributed by atoms with Gasteiger partial charge in [-0.05, 0) is 31.7 Å². The summed E-state index contributed by atoms with van der Waals surface area (Å²) in [6.45, 7) is 2.42. The van der Waals surface area contributed by atoms with Gasteiger partial charge in [0.25, 0.3) is 0 Å². The number of nitrogens with two attached hydrogens (primary N) is 1. The molecule has 5 nitrogen and oxygen atoms in total. The van der Waals surface area contributed by atoms with Crippen LogP contribution in [0.5, 0.6) is 0 Å². The molecule has 0 spiro atoms. The Bertz CT molecular complexity index is 383. The van der Waals surface area contributed by atoms with Crippen molar-refractivity contribution in [2.24, 2.45) is 11.1 Å². The Kier molecular flexibility index (Phi) is 4.96. The number of carbonyl (C=O) groups is 2. The molecular weight excluding hydrogens is 276 g/mol. The van der Waals surface area contributed by atoms with Gasteiger partial charge in [0.05, 0.1) is 5.37 Å². The van der Waals surface area contributed by atoms with Crippen molar-refractivity contribution in [3.63, 3.8) is 0 Å². The van der Waals surface area contributed by atoms with Crippen LogP contribution in [0, 0.1) is 5.41 Å². The number of carboxylic acids is 1. The maximum Gasteiger partial charge on any atom is 0.327 e. The van der Waals surface area contributed by atoms with Gasteiger partial charge in [0.15, 0.2) is 0 Å². The van der Waals surface area contributed by atoms with Crippen LogP contribution in [-0.2, 0) is 9.59 Å². The van der Waals surface area contributed by atoms with E-state index >= 15 is 0 Å². The van der Waals surface area contributed by atoms with E-state index in [1.165, 1.54) is 18.2 Å². The Labute approximate surface area is 124 Å². The molecule has 0 bridgehead atoms. The lowest BCUT2D eigenvalue weighted by molar-refractivity contribution is -0.150. The predicted octanol–water partition coefficient (Wildman–Crippen LogP) is 1.66. The summed E-state index contributed by atoms with van der Waals surface area (Å²) in [5.74, 6) is -0.458. The van der Waals surface area contributed by atoms with E-state index in [9.17, 15) is 14.7 Å². The molecule has 2 atom stereocenters. The van der Waals surface area contributed by atoms with Gasteiger partial charge in [-0.25, -0.2) is 4.79 Å². The minimum absolute atomic E-state index is 0.0396. The van der Waals surface area contributed by atoms with Crippen LogP contribution in [0.3, 0.4) is 0 Å². The van der Waals surface area contributed by atoms with Gasteiger partial charge in [-0.1, -0.05) is 19.3 Å². The van der Waals surface area contributed by atoms with E-state index in [1.54, 1.807) is 4.90 Å². The van der Waals surface area contributed by atoms with E-state index in [4.69, 9.17) is 5.73 Å². The summed E-state index contributed by atoms with van der Waals surface area (Å²) in [6.07, 6.45) is 5.83. The molecule has 0 aromatic heterocycles. The Balaban J connectivity index is 2.07. The number of carboxylic acid groups (broad SMARTS) is 1. The van der Waals surface area contributed by atoms with Gasteiger partial charge < -0.3 is 15.7 Å². The molecule has 1 amide bonds. The highest BCUT2D eigenvalue weighted by Gasteiger charge is 2.42. The van der Waals surface area contributed by atoms with E-state index in [1.807, 2.05) is 6.92 Å². The van der Waals surface area contributed by atoms with Gasteiger partial charge in [-0.15, -0.1) is 11.8 Å². The van der Waals surface area contributed by atoms with Crippen LogP contribution < -0.4 is 5.73 Å². The van der Waals surface area contributed by atoms with Crippen LogP contribution in [-0.4, -0.2) is 45.6 Å². The Hall–Kier alpha value is -0.750. The minimum Gasteiger partial charge on any atom is -0.480 e. The van der Waals surface area contributed by atoms with E-state index in [-0.39, 0.29) is 16.7 Å². The molecule has 2 fully saturated rings. The van der Waals surface area contributed by atoms with Crippen LogP contribution in [0.15, 0.2) is 0 Å². The van der Waals surface area contributed by atoms with E-state index in [2.05, 4.69) is 0 Å². The van der Waals surface area contributed by atoms with E-state index in [0.29, 0.717) is 18.7 Å². The first-order valence-electron chi connectivity index (χ1n) is 7.35. The first kappa shape index (κ1) is 15.6. The summed E-state index contributed by atoms with van der Waals surface area (Å²) >= 11 is 1.53. The molecule has 20 heavy (non-hydrogen) atoms. The second kappa shape index (κ2) is 6.35. The highest BCUT2D eigenvalue weighted by molar-refractivity contribution is 8.00. The standard InChI is InChI=1S/C14H24N2O3S/c1-10-16(11(8-20-10)13(18)19)12(17)7-14(9-15)5-3-2-4-6-14/h10-11H,2-9,15H2,1H3,(H,18,19). The Morgan fingerprint density at radius 3 is 2.55 bits per heavy atom. The summed E-state index contributed by atoms with van der Waals surface area (Å²) in [5.41, 5.74) is 5.82. The van der Waals surface area contributed by atoms with Gasteiger partial charge >= 0.3 is 5.97 Å². The van der Waals surface area contributed by atoms with Crippen molar-refractivity contribution in [2.45, 2.75) is 56.9 Å². The van der Waals surface area contributed by atoms with Gasteiger partial charge in [0, 0.05) is 12.2 Å². The molecule has 2 aliphatic rings. The summed E-state index contributed by atoms with van der Waals surface area (Å²) in [6, 6.07) is -0.680. The molecule has 6 heteroatoms. The van der Waals surface area contributed by atoms with Gasteiger partial charge in [0.1, 0.15) is 6.04 Å². The maximum atomic E-state index is 12.6. The molecular formula is C14H24N2O3S. The lowest BCUT2D eigenvalue weighted by atomic mass is 9.71. The highest BCUT2D eigenvalue weighted by atomic mass is 32.2. The summed E-state index contributed by atoms with van der Waals surface area (Å²) in [4.78, 5) is 25.4. The zero-order valence-corrected chi connectivity index (χ0v) is 12.8. The fourth-order valence-electron chi connectivity index (χ4n) is 3.38. The van der Waals surface area contributed by atoms with Crippen molar-refractivity contribution < 1.29 is 14.7 Å². The fourth-order valence-corrected chi connectivity index (χ4v) is 4.57. The van der Waals surface area contributed by atoms with E-state index < -0.39 is 12.0 Å². The monoisotopic (exact) mass is 300 g/mol. The third-order valence-electron chi connectivity index (χ3n) is 4.67. The Morgan fingerprint density at radius 2 is 2.00 bits per heavy atom. The van der Waals surface area contributed by atoms with Crippen LogP contribution in [0.4, 0.5) is 0 Å². The van der Waals surface area contributed by atoms with Crippen LogP contribution in [0.1, 0.15) is 45.4 Å². The summed E-state index contributed by atoms with van der Waals surface area (Å²) in [5, 5.41) is 9.19. The fraction of sp³-hybridized carbons (Fsp3) is 0.857. The lowest BCUT2D eigenvalue weighted by Crippen LogP contribution is -2.47. The van der Waals surface area contributed by atoms with E-state index in [0.717, 1.165) is 25.7 Å². The third kappa shape index (κ3) is 3.11. The van der Waals surface area contributed by atoms with Crippen molar-refractivity contribution in [2.75, 3.05) is 12.3 Å². The summed E-state index contributed by atoms with van der Waals surface area (Å²) in [7, 11) is 0. The molecule has 1 saturated heterocycles. The average Bonchev–Trinajstić information content (AvgIpc) is 2.82. The van der Waals surface area contributed by atoms with Crippen molar-refractivity contribution in [3.05, 3.63) is 0 Å². The molecule has 114 valence electrons. The molecule has 2 rings (SSSR count). The van der Waals surface area contributed by atoms with Gasteiger partial charge in [0.2, 0.25) is 5.91 Å². The molecule has 3 N–H and O–H groups in total. The number of thioether (sulfide) groups is 1. The number of amides is 1. The van der Waals surface area contributed by atoms with Crippen molar-refractivity contribution >= 4 is 23.6 Å². The quantitative estimate of drug-likeness (QED) is 0.825. The molecule has 1 aliphatic heterocycles. The average molecular weight is 300 g/mol. The first-order chi connectivity index (χ1) is 9.49. The zero-order chi connectivity index (χ0) is 14.8. The van der Waals surface area contributed by atoms with Gasteiger partial charge in [-0.3, -0.25) is 4.79 Å².